The maximum Gasteiger partial charge on any atom is 0.364 e. The van der Waals surface area contributed by atoms with E-state index in [0.29, 0.717) is 6.42 Å². The summed E-state index contributed by atoms with van der Waals surface area (Å²) < 4.78 is 4.91. The highest BCUT2D eigenvalue weighted by Crippen LogP contribution is 2.06. The number of hydrogen-bond donors (Lipinski definition) is 0. The van der Waals surface area contributed by atoms with Crippen molar-refractivity contribution in [3.05, 3.63) is 30.3 Å². The fraction of sp³-hybridized carbons (Fsp3) is 0.273. The van der Waals surface area contributed by atoms with Gasteiger partial charge in [-0.25, -0.2) is 0 Å². The summed E-state index contributed by atoms with van der Waals surface area (Å²) in [6, 6.07) is 9.26. The average molecular weight is 232 g/mol. The lowest BCUT2D eigenvalue weighted by Crippen LogP contribution is -2.08. The molecular formula is C11H12N4O2. The van der Waals surface area contributed by atoms with Crippen molar-refractivity contribution >= 4 is 5.97 Å². The Morgan fingerprint density at radius 3 is 2.82 bits per heavy atom. The molecule has 0 amide bonds. The van der Waals surface area contributed by atoms with Crippen LogP contribution in [-0.2, 0) is 4.79 Å². The number of carbonyl (C=O) groups excluding carboxylic acids is 1. The molecule has 0 unspecified atom stereocenters. The van der Waals surface area contributed by atoms with Crippen LogP contribution in [0.1, 0.15) is 19.8 Å². The summed E-state index contributed by atoms with van der Waals surface area (Å²) in [7, 11) is 0. The molecule has 1 aromatic heterocycles. The summed E-state index contributed by atoms with van der Waals surface area (Å²) in [6.07, 6.45) is 1.07. The number of tetrazole rings is 1. The number of ether oxygens (including phenoxy) is 1. The average Bonchev–Trinajstić information content (AvgIpc) is 2.79. The molecule has 2 rings (SSSR count). The molecule has 0 aliphatic carbocycles. The smallest absolute Gasteiger partial charge is 0.364 e. The normalized spacial score (nSPS) is 10.2. The van der Waals surface area contributed by atoms with Crippen LogP contribution in [0.25, 0.3) is 5.69 Å². The number of nitrogens with zero attached hydrogens (tertiary/aromatic N) is 4. The Bertz CT molecular complexity index is 495. The topological polar surface area (TPSA) is 69.9 Å². The Morgan fingerprint density at radius 2 is 2.12 bits per heavy atom. The fourth-order valence-electron chi connectivity index (χ4n) is 1.27. The second kappa shape index (κ2) is 5.20. The summed E-state index contributed by atoms with van der Waals surface area (Å²) in [5.41, 5.74) is 0.762. The second-order valence-electron chi connectivity index (χ2n) is 3.42. The molecule has 0 aliphatic heterocycles. The Labute approximate surface area is 98.2 Å². The molecule has 0 saturated heterocycles. The molecule has 1 heterocycles. The first-order valence-electron chi connectivity index (χ1n) is 5.35. The van der Waals surface area contributed by atoms with Gasteiger partial charge in [0.15, 0.2) is 0 Å². The number of hydrogen-bond acceptors (Lipinski definition) is 5. The molecule has 6 nitrogen and oxygen atoms in total. The molecule has 88 valence electrons. The van der Waals surface area contributed by atoms with Gasteiger partial charge in [0.2, 0.25) is 0 Å². The first kappa shape index (κ1) is 11.3. The highest BCUT2D eigenvalue weighted by atomic mass is 16.6. The molecule has 0 N–H and O–H groups in total. The molecule has 2 aromatic rings. The predicted molar refractivity (Wildman–Crippen MR) is 59.7 cm³/mol. The zero-order chi connectivity index (χ0) is 12.1. The molecule has 0 atom stereocenters. The van der Waals surface area contributed by atoms with Gasteiger partial charge < -0.3 is 4.74 Å². The van der Waals surface area contributed by atoms with Gasteiger partial charge in [0.25, 0.3) is 0 Å². The van der Waals surface area contributed by atoms with Gasteiger partial charge in [-0.2, -0.15) is 0 Å². The number of aromatic nitrogens is 4. The van der Waals surface area contributed by atoms with Crippen molar-refractivity contribution in [2.24, 2.45) is 0 Å². The first-order chi connectivity index (χ1) is 8.29. The number of carbonyl (C=O) groups is 1. The van der Waals surface area contributed by atoms with Crippen molar-refractivity contribution < 1.29 is 9.53 Å². The third-order valence-electron chi connectivity index (χ3n) is 2.04. The predicted octanol–water partition coefficient (Wildman–Crippen LogP) is 1.37. The van der Waals surface area contributed by atoms with Crippen LogP contribution in [0.3, 0.4) is 0 Å². The molecule has 1 aromatic carbocycles. The van der Waals surface area contributed by atoms with Crippen LogP contribution in [0.5, 0.6) is 6.01 Å². The number of benzene rings is 1. The van der Waals surface area contributed by atoms with E-state index in [1.165, 1.54) is 4.80 Å². The molecule has 17 heavy (non-hydrogen) atoms. The Balaban J connectivity index is 2.09. The number of rotatable bonds is 4. The van der Waals surface area contributed by atoms with Gasteiger partial charge in [0.1, 0.15) is 0 Å². The van der Waals surface area contributed by atoms with Crippen LogP contribution in [0, 0.1) is 0 Å². The standard InChI is InChI=1S/C11H12N4O2/c1-2-6-10(16)17-11-12-14-15(13-11)9-7-4-3-5-8-9/h3-5,7-8H,2,6H2,1H3. The molecule has 0 spiro atoms. The molecule has 0 radical (unpaired) electrons. The van der Waals surface area contributed by atoms with Crippen molar-refractivity contribution in [3.63, 3.8) is 0 Å². The lowest BCUT2D eigenvalue weighted by atomic mass is 10.3. The zero-order valence-corrected chi connectivity index (χ0v) is 9.41. The Hall–Kier alpha value is -2.24. The summed E-state index contributed by atoms with van der Waals surface area (Å²) in [5.74, 6) is -0.347. The van der Waals surface area contributed by atoms with Crippen LogP contribution in [0.4, 0.5) is 0 Å². The molecular weight excluding hydrogens is 220 g/mol. The maximum atomic E-state index is 11.2. The highest BCUT2D eigenvalue weighted by Gasteiger charge is 2.09. The quantitative estimate of drug-likeness (QED) is 0.744. The molecule has 0 bridgehead atoms. The molecule has 0 fully saturated rings. The van der Waals surface area contributed by atoms with Gasteiger partial charge >= 0.3 is 12.0 Å². The lowest BCUT2D eigenvalue weighted by molar-refractivity contribution is -0.134. The van der Waals surface area contributed by atoms with Gasteiger partial charge in [-0.15, -0.1) is 4.80 Å². The second-order valence-corrected chi connectivity index (χ2v) is 3.42. The first-order valence-corrected chi connectivity index (χ1v) is 5.35. The van der Waals surface area contributed by atoms with Gasteiger partial charge in [-0.1, -0.05) is 35.3 Å². The lowest BCUT2D eigenvalue weighted by Gasteiger charge is -1.96. The Morgan fingerprint density at radius 1 is 1.35 bits per heavy atom. The van der Waals surface area contributed by atoms with E-state index in [1.807, 2.05) is 37.3 Å². The van der Waals surface area contributed by atoms with Crippen LogP contribution in [0.2, 0.25) is 0 Å². The largest absolute Gasteiger partial charge is 0.389 e. The minimum atomic E-state index is -0.347. The van der Waals surface area contributed by atoms with E-state index in [1.54, 1.807) is 0 Å². The van der Waals surface area contributed by atoms with E-state index < -0.39 is 0 Å². The summed E-state index contributed by atoms with van der Waals surface area (Å²) in [4.78, 5) is 12.5. The third-order valence-corrected chi connectivity index (χ3v) is 2.04. The number of esters is 1. The summed E-state index contributed by atoms with van der Waals surface area (Å²) in [6.45, 7) is 1.90. The van der Waals surface area contributed by atoms with E-state index >= 15 is 0 Å². The van der Waals surface area contributed by atoms with Crippen molar-refractivity contribution in [1.82, 2.24) is 20.2 Å². The van der Waals surface area contributed by atoms with Crippen molar-refractivity contribution in [3.8, 4) is 11.7 Å². The van der Waals surface area contributed by atoms with E-state index in [-0.39, 0.29) is 12.0 Å². The minimum absolute atomic E-state index is 0.0210. The molecule has 0 aliphatic rings. The van der Waals surface area contributed by atoms with Gasteiger partial charge in [-0.05, 0) is 23.8 Å². The molecule has 0 saturated carbocycles. The van der Waals surface area contributed by atoms with E-state index in [0.717, 1.165) is 12.1 Å². The monoisotopic (exact) mass is 232 g/mol. The van der Waals surface area contributed by atoms with Crippen LogP contribution in [0.15, 0.2) is 30.3 Å². The van der Waals surface area contributed by atoms with Crippen LogP contribution >= 0.6 is 0 Å². The van der Waals surface area contributed by atoms with Crippen molar-refractivity contribution in [1.29, 1.82) is 0 Å². The van der Waals surface area contributed by atoms with Crippen molar-refractivity contribution in [2.45, 2.75) is 19.8 Å². The van der Waals surface area contributed by atoms with E-state index in [9.17, 15) is 4.79 Å². The molecule has 6 heteroatoms. The van der Waals surface area contributed by atoms with E-state index in [2.05, 4.69) is 15.4 Å². The summed E-state index contributed by atoms with van der Waals surface area (Å²) in [5, 5.41) is 11.4. The van der Waals surface area contributed by atoms with Crippen LogP contribution < -0.4 is 4.74 Å². The van der Waals surface area contributed by atoms with Gasteiger partial charge in [-0.3, -0.25) is 4.79 Å². The van der Waals surface area contributed by atoms with Crippen molar-refractivity contribution in [2.75, 3.05) is 0 Å². The fourth-order valence-corrected chi connectivity index (χ4v) is 1.27. The zero-order valence-electron chi connectivity index (χ0n) is 9.41. The van der Waals surface area contributed by atoms with E-state index in [4.69, 9.17) is 4.74 Å². The highest BCUT2D eigenvalue weighted by molar-refractivity contribution is 5.71. The van der Waals surface area contributed by atoms with Gasteiger partial charge in [0, 0.05) is 6.42 Å². The minimum Gasteiger partial charge on any atom is -0.389 e. The maximum absolute atomic E-state index is 11.2. The third kappa shape index (κ3) is 2.87. The number of para-hydroxylation sites is 1. The van der Waals surface area contributed by atoms with Crippen LogP contribution in [-0.4, -0.2) is 26.2 Å². The van der Waals surface area contributed by atoms with Gasteiger partial charge in [0.05, 0.1) is 5.69 Å². The SMILES string of the molecule is CCCC(=O)Oc1nnn(-c2ccccc2)n1. The summed E-state index contributed by atoms with van der Waals surface area (Å²) >= 11 is 0. The Kier molecular flexibility index (Phi) is 3.44.